The van der Waals surface area contributed by atoms with E-state index in [1.54, 1.807) is 7.05 Å². The Kier molecular flexibility index (Phi) is 8.88. The van der Waals surface area contributed by atoms with Crippen molar-refractivity contribution in [3.05, 3.63) is 0 Å². The van der Waals surface area contributed by atoms with Crippen molar-refractivity contribution in [3.8, 4) is 0 Å². The van der Waals surface area contributed by atoms with E-state index in [2.05, 4.69) is 47.7 Å². The normalized spacial score (nSPS) is 15.5. The molecule has 0 fully saturated rings. The van der Waals surface area contributed by atoms with Crippen LogP contribution >= 0.6 is 0 Å². The van der Waals surface area contributed by atoms with Crippen molar-refractivity contribution in [3.63, 3.8) is 0 Å². The van der Waals surface area contributed by atoms with Crippen LogP contribution in [-0.2, 0) is 14.1 Å². The van der Waals surface area contributed by atoms with E-state index in [1.165, 1.54) is 12.2 Å². The number of nitrogens with zero attached hydrogens (tertiary/aromatic N) is 1. The van der Waals surface area contributed by atoms with Crippen LogP contribution in [0.25, 0.3) is 0 Å². The molecule has 0 N–H and O–H groups in total. The number of rotatable bonds is 9. The Morgan fingerprint density at radius 1 is 1.23 bits per heavy atom. The molecule has 2 unspecified atom stereocenters. The van der Waals surface area contributed by atoms with E-state index >= 15 is 0 Å². The lowest BCUT2D eigenvalue weighted by Gasteiger charge is -2.41. The maximum atomic E-state index is 12.7. The summed E-state index contributed by atoms with van der Waals surface area (Å²) in [5, 5.41) is 1.40. The van der Waals surface area contributed by atoms with Crippen LogP contribution in [0.15, 0.2) is 0 Å². The topological polar surface area (TPSA) is 38.8 Å². The summed E-state index contributed by atoms with van der Waals surface area (Å²) >= 11 is 0. The lowest BCUT2D eigenvalue weighted by atomic mass is 9.93. The number of hydrogen-bond acceptors (Lipinski definition) is 3. The van der Waals surface area contributed by atoms with Gasteiger partial charge in [-0.15, -0.1) is 0 Å². The second kappa shape index (κ2) is 9.04. The van der Waals surface area contributed by atoms with Crippen molar-refractivity contribution in [1.29, 1.82) is 0 Å². The minimum atomic E-state index is -2.01. The van der Waals surface area contributed by atoms with Crippen LogP contribution in [0.4, 0.5) is 0 Å². The third kappa shape index (κ3) is 6.01. The molecule has 132 valence electrons. The van der Waals surface area contributed by atoms with E-state index in [-0.39, 0.29) is 16.9 Å². The third-order valence-electron chi connectivity index (χ3n) is 4.94. The Bertz CT molecular complexity index is 339. The van der Waals surface area contributed by atoms with Crippen molar-refractivity contribution in [2.24, 2.45) is 5.92 Å². The Balaban J connectivity index is 5.37. The van der Waals surface area contributed by atoms with Crippen molar-refractivity contribution in [2.75, 3.05) is 14.2 Å². The molecular formula is C17H37NO3Si. The van der Waals surface area contributed by atoms with Gasteiger partial charge in [-0.05, 0) is 30.5 Å². The highest BCUT2D eigenvalue weighted by Gasteiger charge is 2.43. The molecule has 0 aromatic carbocycles. The number of carbonyl (C=O) groups is 1. The van der Waals surface area contributed by atoms with Crippen LogP contribution in [0.2, 0.25) is 18.1 Å². The molecule has 0 aliphatic rings. The summed E-state index contributed by atoms with van der Waals surface area (Å²) in [6, 6.07) is 0. The van der Waals surface area contributed by atoms with Crippen LogP contribution in [0, 0.1) is 5.92 Å². The van der Waals surface area contributed by atoms with Gasteiger partial charge in [-0.25, -0.2) is 5.06 Å². The average Bonchev–Trinajstić information content (AvgIpc) is 2.43. The summed E-state index contributed by atoms with van der Waals surface area (Å²) in [5.74, 6) is 0.189. The SMILES string of the molecule is CCCCC(CC)C(O[Si](C)(C)C(C)(C)C)C(=O)N(C)OC. The van der Waals surface area contributed by atoms with Gasteiger partial charge in [-0.3, -0.25) is 9.63 Å². The zero-order valence-corrected chi connectivity index (χ0v) is 17.2. The largest absolute Gasteiger partial charge is 0.405 e. The minimum Gasteiger partial charge on any atom is -0.405 e. The summed E-state index contributed by atoms with van der Waals surface area (Å²) in [6.07, 6.45) is 3.83. The Morgan fingerprint density at radius 2 is 1.77 bits per heavy atom. The highest BCUT2D eigenvalue weighted by molar-refractivity contribution is 6.74. The molecule has 2 atom stereocenters. The molecule has 0 spiro atoms. The molecular weight excluding hydrogens is 294 g/mol. The number of carbonyl (C=O) groups excluding carboxylic acids is 1. The first-order valence-corrected chi connectivity index (χ1v) is 11.4. The number of amides is 1. The lowest BCUT2D eigenvalue weighted by molar-refractivity contribution is -0.179. The van der Waals surface area contributed by atoms with Gasteiger partial charge in [0.2, 0.25) is 0 Å². The van der Waals surface area contributed by atoms with Gasteiger partial charge in [0.15, 0.2) is 8.32 Å². The van der Waals surface area contributed by atoms with E-state index in [0.29, 0.717) is 0 Å². The van der Waals surface area contributed by atoms with Crippen LogP contribution in [0.1, 0.15) is 60.3 Å². The van der Waals surface area contributed by atoms with Gasteiger partial charge in [-0.1, -0.05) is 53.9 Å². The van der Waals surface area contributed by atoms with Gasteiger partial charge < -0.3 is 4.43 Å². The molecule has 4 nitrogen and oxygen atoms in total. The molecule has 0 heterocycles. The Morgan fingerprint density at radius 3 is 2.14 bits per heavy atom. The number of likely N-dealkylation sites (N-methyl/N-ethyl adjacent to an activating group) is 1. The van der Waals surface area contributed by atoms with Gasteiger partial charge in [-0.2, -0.15) is 0 Å². The van der Waals surface area contributed by atoms with Gasteiger partial charge in [0.1, 0.15) is 6.10 Å². The molecule has 0 radical (unpaired) electrons. The van der Waals surface area contributed by atoms with Gasteiger partial charge in [0.25, 0.3) is 5.91 Å². The molecule has 0 saturated carbocycles. The van der Waals surface area contributed by atoms with Crippen molar-refractivity contribution >= 4 is 14.2 Å². The van der Waals surface area contributed by atoms with E-state index in [1.807, 2.05) is 0 Å². The second-order valence-electron chi connectivity index (χ2n) is 7.63. The fraction of sp³-hybridized carbons (Fsp3) is 0.941. The molecule has 0 saturated heterocycles. The van der Waals surface area contributed by atoms with Crippen LogP contribution in [0.3, 0.4) is 0 Å². The molecule has 0 aliphatic heterocycles. The fourth-order valence-corrected chi connectivity index (χ4v) is 3.43. The standard InChI is InChI=1S/C17H37NO3Si/c1-10-12-13-14(11-2)15(16(19)18(6)20-7)21-22(8,9)17(3,4)5/h14-15H,10-13H2,1-9H3. The Labute approximate surface area is 138 Å². The van der Waals surface area contributed by atoms with Crippen LogP contribution in [0.5, 0.6) is 0 Å². The third-order valence-corrected chi connectivity index (χ3v) is 9.39. The smallest absolute Gasteiger partial charge is 0.273 e. The molecule has 22 heavy (non-hydrogen) atoms. The highest BCUT2D eigenvalue weighted by Crippen LogP contribution is 2.39. The Hall–Kier alpha value is -0.393. The minimum absolute atomic E-state index is 0.0599. The highest BCUT2D eigenvalue weighted by atomic mass is 28.4. The second-order valence-corrected chi connectivity index (χ2v) is 12.4. The summed E-state index contributed by atoms with van der Waals surface area (Å²) < 4.78 is 6.50. The average molecular weight is 332 g/mol. The quantitative estimate of drug-likeness (QED) is 0.457. The number of hydroxylamine groups is 2. The van der Waals surface area contributed by atoms with E-state index < -0.39 is 14.4 Å². The summed E-state index contributed by atoms with van der Waals surface area (Å²) in [7, 11) is 1.17. The summed E-state index contributed by atoms with van der Waals surface area (Å²) in [4.78, 5) is 17.9. The van der Waals surface area contributed by atoms with E-state index in [4.69, 9.17) is 9.26 Å². The van der Waals surface area contributed by atoms with Gasteiger partial charge >= 0.3 is 0 Å². The van der Waals surface area contributed by atoms with Crippen LogP contribution < -0.4 is 0 Å². The monoisotopic (exact) mass is 331 g/mol. The lowest BCUT2D eigenvalue weighted by Crippen LogP contribution is -2.51. The molecule has 5 heteroatoms. The number of unbranched alkanes of at least 4 members (excludes halogenated alkanes) is 1. The first-order valence-electron chi connectivity index (χ1n) is 8.51. The molecule has 0 aliphatic carbocycles. The summed E-state index contributed by atoms with van der Waals surface area (Å²) in [6.45, 7) is 15.3. The number of hydrogen-bond donors (Lipinski definition) is 0. The molecule has 1 amide bonds. The summed E-state index contributed by atoms with van der Waals surface area (Å²) in [5.41, 5.74) is 0. The molecule has 0 bridgehead atoms. The fourth-order valence-electron chi connectivity index (χ4n) is 2.15. The van der Waals surface area contributed by atoms with E-state index in [0.717, 1.165) is 25.7 Å². The maximum Gasteiger partial charge on any atom is 0.273 e. The van der Waals surface area contributed by atoms with Crippen molar-refractivity contribution in [2.45, 2.75) is 84.5 Å². The van der Waals surface area contributed by atoms with Gasteiger partial charge in [0, 0.05) is 7.05 Å². The first-order chi connectivity index (χ1) is 10.0. The van der Waals surface area contributed by atoms with Crippen molar-refractivity contribution in [1.82, 2.24) is 5.06 Å². The van der Waals surface area contributed by atoms with Crippen molar-refractivity contribution < 1.29 is 14.1 Å². The molecule has 0 rings (SSSR count). The maximum absolute atomic E-state index is 12.7. The molecule has 0 aromatic rings. The zero-order chi connectivity index (χ0) is 17.6. The predicted octanol–water partition coefficient (Wildman–Crippen LogP) is 4.61. The van der Waals surface area contributed by atoms with Gasteiger partial charge in [0.05, 0.1) is 7.11 Å². The van der Waals surface area contributed by atoms with E-state index in [9.17, 15) is 4.79 Å². The zero-order valence-electron chi connectivity index (χ0n) is 16.2. The first kappa shape index (κ1) is 21.6. The molecule has 0 aromatic heterocycles. The van der Waals surface area contributed by atoms with Crippen LogP contribution in [-0.4, -0.2) is 39.5 Å². The predicted molar refractivity (Wildman–Crippen MR) is 95.2 cm³/mol.